The van der Waals surface area contributed by atoms with Gasteiger partial charge in [-0.05, 0) is 58.5 Å². The number of pyridine rings is 2. The summed E-state index contributed by atoms with van der Waals surface area (Å²) in [7, 11) is 0. The molecule has 1 N–H and O–H groups in total. The number of amides is 1. The normalized spacial score (nSPS) is 14.0. The summed E-state index contributed by atoms with van der Waals surface area (Å²) in [6.07, 6.45) is 17.7. The third-order valence-electron chi connectivity index (χ3n) is 6.44. The van der Waals surface area contributed by atoms with Gasteiger partial charge in [-0.2, -0.15) is 0 Å². The zero-order chi connectivity index (χ0) is 24.6. The fraction of sp³-hybridized carbons (Fsp3) is 0.536. The Morgan fingerprint density at radius 3 is 2.56 bits per heavy atom. The minimum atomic E-state index is 0.504. The van der Waals surface area contributed by atoms with E-state index in [1.807, 2.05) is 44.3 Å². The molecule has 186 valence electrons. The van der Waals surface area contributed by atoms with Gasteiger partial charge < -0.3 is 9.88 Å². The van der Waals surface area contributed by atoms with Crippen molar-refractivity contribution in [2.24, 2.45) is 11.8 Å². The lowest BCUT2D eigenvalue weighted by molar-refractivity contribution is -0.109. The number of aryl methyl sites for hydroxylation is 1. The topological polar surface area (TPSA) is 59.8 Å². The van der Waals surface area contributed by atoms with Crippen molar-refractivity contribution in [3.8, 4) is 0 Å². The third kappa shape index (κ3) is 9.21. The van der Waals surface area contributed by atoms with E-state index in [0.717, 1.165) is 34.2 Å². The molecule has 1 fully saturated rings. The van der Waals surface area contributed by atoms with Crippen molar-refractivity contribution in [2.75, 3.05) is 0 Å². The van der Waals surface area contributed by atoms with E-state index >= 15 is 0 Å². The van der Waals surface area contributed by atoms with Crippen LogP contribution >= 0.6 is 15.9 Å². The van der Waals surface area contributed by atoms with Crippen molar-refractivity contribution >= 4 is 33.4 Å². The highest BCUT2D eigenvalue weighted by Gasteiger charge is 2.20. The summed E-state index contributed by atoms with van der Waals surface area (Å²) in [6, 6.07) is 9.71. The fourth-order valence-electron chi connectivity index (χ4n) is 4.59. The van der Waals surface area contributed by atoms with Crippen LogP contribution in [0.4, 0.5) is 0 Å². The predicted octanol–water partition coefficient (Wildman–Crippen LogP) is 7.54. The third-order valence-corrected chi connectivity index (χ3v) is 7.07. The monoisotopic (exact) mass is 528 g/mol. The van der Waals surface area contributed by atoms with Crippen LogP contribution in [0.1, 0.15) is 77.8 Å². The molecule has 5 nitrogen and oxygen atoms in total. The summed E-state index contributed by atoms with van der Waals surface area (Å²) in [4.78, 5) is 18.3. The summed E-state index contributed by atoms with van der Waals surface area (Å²) >= 11 is 3.64. The van der Waals surface area contributed by atoms with Gasteiger partial charge in [-0.15, -0.1) is 0 Å². The lowest BCUT2D eigenvalue weighted by Crippen LogP contribution is -2.10. The van der Waals surface area contributed by atoms with E-state index in [-0.39, 0.29) is 0 Å². The first-order valence-corrected chi connectivity index (χ1v) is 13.6. The van der Waals surface area contributed by atoms with Crippen LogP contribution in [-0.4, -0.2) is 20.9 Å². The van der Waals surface area contributed by atoms with Crippen molar-refractivity contribution < 1.29 is 4.79 Å². The molecule has 3 aromatic rings. The number of hydrogen-bond donors (Lipinski definition) is 1. The molecule has 1 aliphatic carbocycles. The van der Waals surface area contributed by atoms with E-state index in [4.69, 9.17) is 0 Å². The average Bonchev–Trinajstić information content (AvgIpc) is 3.54. The molecule has 1 unspecified atom stereocenters. The van der Waals surface area contributed by atoms with Gasteiger partial charge in [0.1, 0.15) is 5.65 Å². The Hall–Kier alpha value is -2.21. The molecule has 3 aromatic heterocycles. The highest BCUT2D eigenvalue weighted by Crippen LogP contribution is 2.33. The van der Waals surface area contributed by atoms with Crippen LogP contribution in [0.3, 0.4) is 0 Å². The molecular formula is C28H41BrN4O. The number of halogens is 1. The summed E-state index contributed by atoms with van der Waals surface area (Å²) < 4.78 is 3.45. The second-order valence-electron chi connectivity index (χ2n) is 8.74. The second kappa shape index (κ2) is 16.4. The van der Waals surface area contributed by atoms with E-state index < -0.39 is 0 Å². The number of hydrogen-bond acceptors (Lipinski definition) is 3. The molecule has 1 atom stereocenters. The molecular weight excluding hydrogens is 488 g/mol. The van der Waals surface area contributed by atoms with Crippen molar-refractivity contribution in [1.82, 2.24) is 19.9 Å². The first-order valence-electron chi connectivity index (χ1n) is 12.9. The molecule has 1 amide bonds. The number of aromatic nitrogens is 3. The minimum absolute atomic E-state index is 0.504. The summed E-state index contributed by atoms with van der Waals surface area (Å²) in [5.74, 6) is 1.96. The van der Waals surface area contributed by atoms with Gasteiger partial charge in [-0.1, -0.05) is 71.8 Å². The molecule has 34 heavy (non-hydrogen) atoms. The number of nitrogens with zero attached hydrogens (tertiary/aromatic N) is 3. The molecule has 0 radical (unpaired) electrons. The van der Waals surface area contributed by atoms with Gasteiger partial charge in [-0.3, -0.25) is 9.78 Å². The Morgan fingerprint density at radius 2 is 1.85 bits per heavy atom. The van der Waals surface area contributed by atoms with Gasteiger partial charge in [0.25, 0.3) is 0 Å². The molecule has 0 aliphatic heterocycles. The zero-order valence-electron chi connectivity index (χ0n) is 21.0. The van der Waals surface area contributed by atoms with Crippen LogP contribution in [0.5, 0.6) is 0 Å². The van der Waals surface area contributed by atoms with Crippen LogP contribution in [0, 0.1) is 11.8 Å². The van der Waals surface area contributed by atoms with Crippen molar-refractivity contribution in [3.63, 3.8) is 0 Å². The van der Waals surface area contributed by atoms with Gasteiger partial charge in [0.2, 0.25) is 6.41 Å². The Bertz CT molecular complexity index is 938. The summed E-state index contributed by atoms with van der Waals surface area (Å²) in [6.45, 7) is 8.05. The highest BCUT2D eigenvalue weighted by atomic mass is 79.9. The van der Waals surface area contributed by atoms with Crippen LogP contribution in [-0.2, 0) is 17.9 Å². The van der Waals surface area contributed by atoms with E-state index in [0.29, 0.717) is 13.0 Å². The predicted molar refractivity (Wildman–Crippen MR) is 146 cm³/mol. The molecule has 0 bridgehead atoms. The lowest BCUT2D eigenvalue weighted by atomic mass is 9.88. The van der Waals surface area contributed by atoms with Gasteiger partial charge in [0.15, 0.2) is 0 Å². The highest BCUT2D eigenvalue weighted by molar-refractivity contribution is 9.10. The zero-order valence-corrected chi connectivity index (χ0v) is 22.6. The standard InChI is InChI=1S/C19H27BrN2.C7H8N2O.C2H6/c1-15(16-9-4-5-10-16)8-3-2-6-13-22-14-18(20)17-11-7-12-21-19(17)22;10-6-8-5-7-3-1-2-4-9-7;1-2/h7,11-12,14-16H,2-6,8-10,13H2,1H3;1-4,6H,5H2,(H,8,10);1-2H3. The molecule has 3 heterocycles. The van der Waals surface area contributed by atoms with Gasteiger partial charge >= 0.3 is 0 Å². The SMILES string of the molecule is CC.CC(CCCCCn1cc(Br)c2cccnc21)C1CCCC1.O=CNCc1ccccn1. The van der Waals surface area contributed by atoms with E-state index in [1.54, 1.807) is 6.20 Å². The maximum Gasteiger partial charge on any atom is 0.207 e. The van der Waals surface area contributed by atoms with Gasteiger partial charge in [-0.25, -0.2) is 4.98 Å². The number of carbonyl (C=O) groups excluding carboxylic acids is 1. The Morgan fingerprint density at radius 1 is 1.09 bits per heavy atom. The maximum atomic E-state index is 9.84. The maximum absolute atomic E-state index is 9.84. The molecule has 1 saturated carbocycles. The quantitative estimate of drug-likeness (QED) is 0.218. The van der Waals surface area contributed by atoms with E-state index in [9.17, 15) is 4.79 Å². The van der Waals surface area contributed by atoms with Crippen LogP contribution in [0.2, 0.25) is 0 Å². The molecule has 6 heteroatoms. The fourth-order valence-corrected chi connectivity index (χ4v) is 5.14. The van der Waals surface area contributed by atoms with Crippen molar-refractivity contribution in [2.45, 2.75) is 85.2 Å². The number of rotatable bonds is 10. The van der Waals surface area contributed by atoms with E-state index in [2.05, 4.69) is 55.0 Å². The minimum Gasteiger partial charge on any atom is -0.353 e. The van der Waals surface area contributed by atoms with Gasteiger partial charge in [0, 0.05) is 35.0 Å². The lowest BCUT2D eigenvalue weighted by Gasteiger charge is -2.18. The molecule has 0 aromatic carbocycles. The summed E-state index contributed by atoms with van der Waals surface area (Å²) in [5, 5.41) is 3.74. The number of carbonyl (C=O) groups is 1. The van der Waals surface area contributed by atoms with Crippen LogP contribution in [0.15, 0.2) is 53.4 Å². The first kappa shape index (κ1) is 28.0. The smallest absolute Gasteiger partial charge is 0.207 e. The van der Waals surface area contributed by atoms with Crippen molar-refractivity contribution in [3.05, 3.63) is 59.1 Å². The molecule has 0 saturated heterocycles. The summed E-state index contributed by atoms with van der Waals surface area (Å²) in [5.41, 5.74) is 1.98. The number of unbranched alkanes of at least 4 members (excludes halogenated alkanes) is 2. The van der Waals surface area contributed by atoms with Crippen LogP contribution < -0.4 is 5.32 Å². The van der Waals surface area contributed by atoms with Gasteiger partial charge in [0.05, 0.1) is 12.2 Å². The first-order chi connectivity index (χ1) is 16.7. The number of fused-ring (bicyclic) bond motifs is 1. The molecule has 1 aliphatic rings. The van der Waals surface area contributed by atoms with Crippen molar-refractivity contribution in [1.29, 1.82) is 0 Å². The average molecular weight is 530 g/mol. The Balaban J connectivity index is 0.000000286. The molecule has 0 spiro atoms. The number of nitrogens with one attached hydrogen (secondary N) is 1. The van der Waals surface area contributed by atoms with Crippen LogP contribution in [0.25, 0.3) is 11.0 Å². The Kier molecular flexibility index (Phi) is 13.5. The Labute approximate surface area is 213 Å². The largest absolute Gasteiger partial charge is 0.353 e. The molecule has 4 rings (SSSR count). The van der Waals surface area contributed by atoms with E-state index in [1.165, 1.54) is 56.8 Å². The second-order valence-corrected chi connectivity index (χ2v) is 9.59.